The Balaban J connectivity index is 1.92. The molecule has 0 bridgehead atoms. The second-order valence-electron chi connectivity index (χ2n) is 8.26. The maximum Gasteiger partial charge on any atom is 0.333 e. The van der Waals surface area contributed by atoms with Crippen molar-refractivity contribution in [2.75, 3.05) is 6.61 Å². The number of carbonyl (C=O) groups is 1. The molecule has 0 aliphatic carbocycles. The largest absolute Gasteiger partial charge is 0.505 e. The maximum atomic E-state index is 11.5. The summed E-state index contributed by atoms with van der Waals surface area (Å²) in [5.74, 6) is -0.200. The maximum absolute atomic E-state index is 11.5. The molecule has 6 heteroatoms. The summed E-state index contributed by atoms with van der Waals surface area (Å²) in [6, 6.07) is 11.5. The predicted molar refractivity (Wildman–Crippen MR) is 113 cm³/mol. The lowest BCUT2D eigenvalue weighted by Crippen LogP contribution is -2.14. The van der Waals surface area contributed by atoms with Gasteiger partial charge in [0.1, 0.15) is 22.5 Å². The molecule has 1 N–H and O–H groups in total. The fourth-order valence-corrected chi connectivity index (χ4v) is 3.08. The highest BCUT2D eigenvalue weighted by atomic mass is 16.5. The van der Waals surface area contributed by atoms with Crippen molar-refractivity contribution in [1.82, 2.24) is 15.0 Å². The SMILES string of the molecule is C=C(C)C(=O)OCCCc1cc(-n2nc3ccccc3n2)c(O)c(C(C)(C)C)c1. The Bertz CT molecular complexity index is 1030. The molecule has 152 valence electrons. The van der Waals surface area contributed by atoms with Crippen LogP contribution in [0.15, 0.2) is 48.6 Å². The summed E-state index contributed by atoms with van der Waals surface area (Å²) in [5, 5.41) is 20.0. The molecular weight excluding hydrogens is 366 g/mol. The molecule has 0 fully saturated rings. The number of hydrogen-bond donors (Lipinski definition) is 1. The quantitative estimate of drug-likeness (QED) is 0.380. The first kappa shape index (κ1) is 20.6. The van der Waals surface area contributed by atoms with E-state index >= 15 is 0 Å². The second kappa shape index (κ2) is 8.07. The molecule has 1 heterocycles. The summed E-state index contributed by atoms with van der Waals surface area (Å²) >= 11 is 0. The van der Waals surface area contributed by atoms with Gasteiger partial charge in [0.25, 0.3) is 0 Å². The first-order chi connectivity index (χ1) is 13.7. The van der Waals surface area contributed by atoms with Crippen LogP contribution in [0.4, 0.5) is 0 Å². The summed E-state index contributed by atoms with van der Waals surface area (Å²) in [5.41, 5.74) is 4.06. The van der Waals surface area contributed by atoms with E-state index in [-0.39, 0.29) is 17.1 Å². The standard InChI is InChI=1S/C23H27N3O3/c1-15(2)22(28)29-12-8-9-16-13-17(23(3,4)5)21(27)20(14-16)26-24-18-10-6-7-11-19(18)25-26/h6-7,10-11,13-14,27H,1,8-9,12H2,2-5H3. The van der Waals surface area contributed by atoms with Crippen LogP contribution in [-0.4, -0.2) is 32.7 Å². The number of aromatic nitrogens is 3. The van der Waals surface area contributed by atoms with Crippen molar-refractivity contribution in [3.63, 3.8) is 0 Å². The molecule has 0 radical (unpaired) electrons. The van der Waals surface area contributed by atoms with Gasteiger partial charge in [0.05, 0.1) is 6.61 Å². The number of benzene rings is 2. The van der Waals surface area contributed by atoms with E-state index in [4.69, 9.17) is 4.74 Å². The van der Waals surface area contributed by atoms with E-state index in [1.807, 2.05) is 36.4 Å². The fourth-order valence-electron chi connectivity index (χ4n) is 3.08. The van der Waals surface area contributed by atoms with E-state index in [0.717, 1.165) is 22.2 Å². The summed E-state index contributed by atoms with van der Waals surface area (Å²) in [4.78, 5) is 13.0. The molecule has 0 saturated heterocycles. The highest BCUT2D eigenvalue weighted by Gasteiger charge is 2.23. The summed E-state index contributed by atoms with van der Waals surface area (Å²) in [7, 11) is 0. The Morgan fingerprint density at radius 1 is 1.17 bits per heavy atom. The molecule has 0 aliphatic heterocycles. The van der Waals surface area contributed by atoms with Crippen LogP contribution in [0.1, 0.15) is 45.2 Å². The average molecular weight is 393 g/mol. The van der Waals surface area contributed by atoms with Crippen LogP contribution >= 0.6 is 0 Å². The smallest absolute Gasteiger partial charge is 0.333 e. The van der Waals surface area contributed by atoms with Gasteiger partial charge in [-0.05, 0) is 48.9 Å². The van der Waals surface area contributed by atoms with Crippen molar-refractivity contribution in [2.24, 2.45) is 0 Å². The first-order valence-electron chi connectivity index (χ1n) is 9.68. The molecule has 2 aromatic carbocycles. The Hall–Kier alpha value is -3.15. The zero-order valence-corrected chi connectivity index (χ0v) is 17.4. The number of carbonyl (C=O) groups excluding carboxylic acids is 1. The molecular formula is C23H27N3O3. The van der Waals surface area contributed by atoms with Gasteiger partial charge in [-0.3, -0.25) is 0 Å². The van der Waals surface area contributed by atoms with Crippen molar-refractivity contribution in [3.05, 3.63) is 59.7 Å². The molecule has 0 saturated carbocycles. The Morgan fingerprint density at radius 3 is 2.34 bits per heavy atom. The van der Waals surface area contributed by atoms with Gasteiger partial charge in [-0.15, -0.1) is 15.0 Å². The first-order valence-corrected chi connectivity index (χ1v) is 9.68. The predicted octanol–water partition coefficient (Wildman–Crippen LogP) is 4.48. The summed E-state index contributed by atoms with van der Waals surface area (Å²) in [6.07, 6.45) is 1.36. The molecule has 3 rings (SSSR count). The number of fused-ring (bicyclic) bond motifs is 1. The van der Waals surface area contributed by atoms with Crippen LogP contribution < -0.4 is 0 Å². The summed E-state index contributed by atoms with van der Waals surface area (Å²) < 4.78 is 5.18. The molecule has 0 aliphatic rings. The van der Waals surface area contributed by atoms with E-state index < -0.39 is 0 Å². The van der Waals surface area contributed by atoms with Crippen LogP contribution in [0.5, 0.6) is 5.75 Å². The van der Waals surface area contributed by atoms with E-state index in [1.54, 1.807) is 6.92 Å². The van der Waals surface area contributed by atoms with E-state index in [9.17, 15) is 9.90 Å². The molecule has 0 amide bonds. The van der Waals surface area contributed by atoms with Crippen molar-refractivity contribution in [2.45, 2.75) is 46.0 Å². The lowest BCUT2D eigenvalue weighted by Gasteiger charge is -2.23. The van der Waals surface area contributed by atoms with Crippen LogP contribution in [0, 0.1) is 0 Å². The molecule has 29 heavy (non-hydrogen) atoms. The van der Waals surface area contributed by atoms with E-state index in [0.29, 0.717) is 30.7 Å². The van der Waals surface area contributed by atoms with Crippen LogP contribution in [0.25, 0.3) is 16.7 Å². The van der Waals surface area contributed by atoms with Crippen LogP contribution in [0.2, 0.25) is 0 Å². The topological polar surface area (TPSA) is 77.2 Å². The molecule has 0 unspecified atom stereocenters. The number of aromatic hydroxyl groups is 1. The van der Waals surface area contributed by atoms with Crippen molar-refractivity contribution >= 4 is 17.0 Å². The second-order valence-corrected chi connectivity index (χ2v) is 8.26. The van der Waals surface area contributed by atoms with Gasteiger partial charge < -0.3 is 9.84 Å². The third-order valence-corrected chi connectivity index (χ3v) is 4.65. The average Bonchev–Trinajstić information content (AvgIpc) is 3.08. The zero-order valence-electron chi connectivity index (χ0n) is 17.4. The Kier molecular flexibility index (Phi) is 5.73. The lowest BCUT2D eigenvalue weighted by atomic mass is 9.84. The number of ether oxygens (including phenoxy) is 1. The number of phenolic OH excluding ortho intramolecular Hbond substituents is 1. The number of hydrogen-bond acceptors (Lipinski definition) is 5. The molecule has 6 nitrogen and oxygen atoms in total. The Morgan fingerprint density at radius 2 is 1.79 bits per heavy atom. The zero-order chi connectivity index (χ0) is 21.2. The number of rotatable bonds is 6. The van der Waals surface area contributed by atoms with Gasteiger partial charge in [-0.25, -0.2) is 4.79 Å². The third-order valence-electron chi connectivity index (χ3n) is 4.65. The fraction of sp³-hybridized carbons (Fsp3) is 0.348. The van der Waals surface area contributed by atoms with Gasteiger partial charge in [0, 0.05) is 11.1 Å². The minimum atomic E-state index is -0.376. The number of nitrogens with zero attached hydrogens (tertiary/aromatic N) is 3. The van der Waals surface area contributed by atoms with Crippen LogP contribution in [-0.2, 0) is 21.4 Å². The molecule has 1 aromatic heterocycles. The molecule has 3 aromatic rings. The lowest BCUT2D eigenvalue weighted by molar-refractivity contribution is -0.139. The van der Waals surface area contributed by atoms with Crippen LogP contribution in [0.3, 0.4) is 0 Å². The van der Waals surface area contributed by atoms with Crippen molar-refractivity contribution in [3.8, 4) is 11.4 Å². The number of esters is 1. The normalized spacial score (nSPS) is 11.6. The van der Waals surface area contributed by atoms with Gasteiger partial charge in [0.2, 0.25) is 0 Å². The number of phenols is 1. The highest BCUT2D eigenvalue weighted by molar-refractivity contribution is 5.86. The van der Waals surface area contributed by atoms with Crippen molar-refractivity contribution < 1.29 is 14.6 Å². The molecule has 0 atom stereocenters. The monoisotopic (exact) mass is 393 g/mol. The van der Waals surface area contributed by atoms with E-state index in [1.165, 1.54) is 4.80 Å². The number of aryl methyl sites for hydroxylation is 1. The van der Waals surface area contributed by atoms with Gasteiger partial charge in [0.15, 0.2) is 0 Å². The summed E-state index contributed by atoms with van der Waals surface area (Å²) in [6.45, 7) is 11.7. The minimum absolute atomic E-state index is 0.176. The molecule has 0 spiro atoms. The van der Waals surface area contributed by atoms with Gasteiger partial charge >= 0.3 is 5.97 Å². The minimum Gasteiger partial charge on any atom is -0.505 e. The van der Waals surface area contributed by atoms with Crippen molar-refractivity contribution in [1.29, 1.82) is 0 Å². The van der Waals surface area contributed by atoms with Gasteiger partial charge in [-0.2, -0.15) is 0 Å². The third kappa shape index (κ3) is 4.65. The van der Waals surface area contributed by atoms with Gasteiger partial charge in [-0.1, -0.05) is 45.5 Å². The van der Waals surface area contributed by atoms with E-state index in [2.05, 4.69) is 37.5 Å². The Labute approximate surface area is 170 Å². The highest BCUT2D eigenvalue weighted by Crippen LogP contribution is 2.36.